The van der Waals surface area contributed by atoms with Gasteiger partial charge in [0, 0.05) is 10.9 Å². The molecule has 0 bridgehead atoms. The largest absolute Gasteiger partial charge is 0.248 e. The van der Waals surface area contributed by atoms with Crippen LogP contribution in [-0.2, 0) is 5.41 Å². The first kappa shape index (κ1) is 18.4. The van der Waals surface area contributed by atoms with Gasteiger partial charge in [0.25, 0.3) is 0 Å². The van der Waals surface area contributed by atoms with Crippen LogP contribution in [0, 0.1) is 13.8 Å². The van der Waals surface area contributed by atoms with Gasteiger partial charge in [-0.3, -0.25) is 0 Å². The van der Waals surface area contributed by atoms with Gasteiger partial charge in [-0.15, -0.1) is 0 Å². The van der Waals surface area contributed by atoms with Crippen LogP contribution < -0.4 is 0 Å². The zero-order chi connectivity index (χ0) is 19.9. The molecule has 28 heavy (non-hydrogen) atoms. The molecule has 0 spiro atoms. The summed E-state index contributed by atoms with van der Waals surface area (Å²) in [5, 5.41) is 1.19. The second kappa shape index (κ2) is 6.91. The Morgan fingerprint density at radius 2 is 1.32 bits per heavy atom. The Kier molecular flexibility index (Phi) is 4.55. The molecule has 0 N–H and O–H groups in total. The maximum atomic E-state index is 4.97. The maximum absolute atomic E-state index is 4.97. The lowest BCUT2D eigenvalue weighted by atomic mass is 9.86. The summed E-state index contributed by atoms with van der Waals surface area (Å²) in [4.78, 5) is 4.97. The predicted octanol–water partition coefficient (Wildman–Crippen LogP) is 7.48. The Balaban J connectivity index is 1.92. The molecule has 0 saturated heterocycles. The van der Waals surface area contributed by atoms with Crippen molar-refractivity contribution >= 4 is 10.9 Å². The highest BCUT2D eigenvalue weighted by atomic mass is 14.7. The van der Waals surface area contributed by atoms with Crippen molar-refractivity contribution < 1.29 is 0 Å². The van der Waals surface area contributed by atoms with Crippen LogP contribution in [0.15, 0.2) is 72.8 Å². The van der Waals surface area contributed by atoms with Crippen LogP contribution >= 0.6 is 0 Å². The first-order valence-corrected chi connectivity index (χ1v) is 9.91. The van der Waals surface area contributed by atoms with Gasteiger partial charge in [0.1, 0.15) is 0 Å². The van der Waals surface area contributed by atoms with Crippen LogP contribution in [-0.4, -0.2) is 4.98 Å². The lowest BCUT2D eigenvalue weighted by molar-refractivity contribution is 0.590. The predicted molar refractivity (Wildman–Crippen MR) is 121 cm³/mol. The molecule has 0 amide bonds. The summed E-state index contributed by atoms with van der Waals surface area (Å²) in [6.07, 6.45) is 0. The molecule has 0 aliphatic heterocycles. The van der Waals surface area contributed by atoms with Gasteiger partial charge >= 0.3 is 0 Å². The molecule has 3 aromatic carbocycles. The minimum absolute atomic E-state index is 0.156. The SMILES string of the molecule is Cc1cc(C)cc(-c2cc(-c3ccc(C(C)(C)C)cc3)c3ccccc3n2)c1. The van der Waals surface area contributed by atoms with Crippen molar-refractivity contribution in [3.05, 3.63) is 89.5 Å². The minimum Gasteiger partial charge on any atom is -0.248 e. The van der Waals surface area contributed by atoms with Gasteiger partial charge in [-0.1, -0.05) is 80.4 Å². The molecular weight excluding hydrogens is 338 g/mol. The third-order valence-electron chi connectivity index (χ3n) is 5.30. The average molecular weight is 366 g/mol. The van der Waals surface area contributed by atoms with Gasteiger partial charge < -0.3 is 0 Å². The van der Waals surface area contributed by atoms with E-state index in [4.69, 9.17) is 4.98 Å². The fourth-order valence-electron chi connectivity index (χ4n) is 3.83. The summed E-state index contributed by atoms with van der Waals surface area (Å²) < 4.78 is 0. The normalized spacial score (nSPS) is 11.8. The van der Waals surface area contributed by atoms with E-state index in [-0.39, 0.29) is 5.41 Å². The van der Waals surface area contributed by atoms with Gasteiger partial charge in [0.2, 0.25) is 0 Å². The molecule has 140 valence electrons. The van der Waals surface area contributed by atoms with E-state index in [1.165, 1.54) is 38.8 Å². The molecule has 1 nitrogen and oxygen atoms in total. The topological polar surface area (TPSA) is 12.9 Å². The lowest BCUT2D eigenvalue weighted by Crippen LogP contribution is -2.10. The van der Waals surface area contributed by atoms with Gasteiger partial charge in [-0.25, -0.2) is 4.98 Å². The van der Waals surface area contributed by atoms with Crippen LogP contribution in [0.1, 0.15) is 37.5 Å². The van der Waals surface area contributed by atoms with Gasteiger partial charge in [0.05, 0.1) is 11.2 Å². The number of fused-ring (bicyclic) bond motifs is 1. The number of rotatable bonds is 2. The lowest BCUT2D eigenvalue weighted by Gasteiger charge is -2.19. The van der Waals surface area contributed by atoms with Crippen molar-refractivity contribution in [3.8, 4) is 22.4 Å². The zero-order valence-corrected chi connectivity index (χ0v) is 17.4. The number of aryl methyl sites for hydroxylation is 2. The van der Waals surface area contributed by atoms with E-state index in [0.29, 0.717) is 0 Å². The third kappa shape index (κ3) is 3.57. The van der Waals surface area contributed by atoms with Crippen molar-refractivity contribution in [1.29, 1.82) is 0 Å². The van der Waals surface area contributed by atoms with Crippen LogP contribution in [0.3, 0.4) is 0 Å². The van der Waals surface area contributed by atoms with E-state index in [1.54, 1.807) is 0 Å². The summed E-state index contributed by atoms with van der Waals surface area (Å²) in [7, 11) is 0. The highest BCUT2D eigenvalue weighted by Crippen LogP contribution is 2.34. The molecule has 4 rings (SSSR count). The van der Waals surface area contributed by atoms with Gasteiger partial charge in [-0.05, 0) is 60.2 Å². The van der Waals surface area contributed by atoms with Crippen LogP contribution in [0.25, 0.3) is 33.3 Å². The number of hydrogen-bond acceptors (Lipinski definition) is 1. The Morgan fingerprint density at radius 3 is 1.96 bits per heavy atom. The zero-order valence-electron chi connectivity index (χ0n) is 17.4. The first-order valence-electron chi connectivity index (χ1n) is 9.91. The fourth-order valence-corrected chi connectivity index (χ4v) is 3.83. The molecule has 0 aliphatic carbocycles. The molecule has 1 heteroatoms. The number of benzene rings is 3. The maximum Gasteiger partial charge on any atom is 0.0716 e. The highest BCUT2D eigenvalue weighted by Gasteiger charge is 2.14. The third-order valence-corrected chi connectivity index (χ3v) is 5.30. The minimum atomic E-state index is 0.156. The smallest absolute Gasteiger partial charge is 0.0716 e. The number of para-hydroxylation sites is 1. The molecule has 0 atom stereocenters. The second-order valence-corrected chi connectivity index (χ2v) is 8.78. The van der Waals surface area contributed by atoms with E-state index in [9.17, 15) is 0 Å². The van der Waals surface area contributed by atoms with E-state index in [1.807, 2.05) is 0 Å². The van der Waals surface area contributed by atoms with Crippen LogP contribution in [0.4, 0.5) is 0 Å². The summed E-state index contributed by atoms with van der Waals surface area (Å²) in [6.45, 7) is 11.0. The van der Waals surface area contributed by atoms with Crippen molar-refractivity contribution in [2.45, 2.75) is 40.0 Å². The first-order chi connectivity index (χ1) is 13.3. The Bertz CT molecular complexity index is 1120. The van der Waals surface area contributed by atoms with Crippen LogP contribution in [0.2, 0.25) is 0 Å². The Morgan fingerprint density at radius 1 is 0.679 bits per heavy atom. The summed E-state index contributed by atoms with van der Waals surface area (Å²) in [5.74, 6) is 0. The van der Waals surface area contributed by atoms with Crippen molar-refractivity contribution in [2.24, 2.45) is 0 Å². The summed E-state index contributed by atoms with van der Waals surface area (Å²) in [5.41, 5.74) is 9.75. The average Bonchev–Trinajstić information content (AvgIpc) is 2.66. The monoisotopic (exact) mass is 365 g/mol. The van der Waals surface area contributed by atoms with Gasteiger partial charge in [0.15, 0.2) is 0 Å². The summed E-state index contributed by atoms with van der Waals surface area (Å²) in [6, 6.07) is 26.3. The van der Waals surface area contributed by atoms with Gasteiger partial charge in [-0.2, -0.15) is 0 Å². The molecule has 1 aromatic heterocycles. The van der Waals surface area contributed by atoms with Crippen molar-refractivity contribution in [3.63, 3.8) is 0 Å². The number of hydrogen-bond donors (Lipinski definition) is 0. The van der Waals surface area contributed by atoms with E-state index in [0.717, 1.165) is 11.2 Å². The fraction of sp³-hybridized carbons (Fsp3) is 0.222. The number of pyridine rings is 1. The Labute approximate surface area is 168 Å². The Hall–Kier alpha value is -2.93. The highest BCUT2D eigenvalue weighted by molar-refractivity contribution is 5.96. The molecule has 0 fully saturated rings. The van der Waals surface area contributed by atoms with E-state index >= 15 is 0 Å². The van der Waals surface area contributed by atoms with Crippen molar-refractivity contribution in [1.82, 2.24) is 4.98 Å². The standard InChI is InChI=1S/C27H27N/c1-18-14-19(2)16-21(15-18)26-17-24(23-8-6-7-9-25(23)28-26)20-10-12-22(13-11-20)27(3,4)5/h6-17H,1-5H3. The van der Waals surface area contributed by atoms with E-state index in [2.05, 4.69) is 107 Å². The number of aromatic nitrogens is 1. The number of nitrogens with zero attached hydrogens (tertiary/aromatic N) is 1. The molecule has 0 aliphatic rings. The molecule has 1 heterocycles. The molecule has 0 radical (unpaired) electrons. The second-order valence-electron chi connectivity index (χ2n) is 8.78. The molecule has 0 saturated carbocycles. The van der Waals surface area contributed by atoms with Crippen molar-refractivity contribution in [2.75, 3.05) is 0 Å². The van der Waals surface area contributed by atoms with E-state index < -0.39 is 0 Å². The summed E-state index contributed by atoms with van der Waals surface area (Å²) >= 11 is 0. The molecule has 0 unspecified atom stereocenters. The quantitative estimate of drug-likeness (QED) is 0.359. The van der Waals surface area contributed by atoms with Crippen LogP contribution in [0.5, 0.6) is 0 Å². The molecule has 4 aromatic rings. The molecular formula is C27H27N.